The van der Waals surface area contributed by atoms with Crippen molar-refractivity contribution >= 4 is 50.7 Å². The number of hydrogen-bond donors (Lipinski definition) is 1. The molecule has 0 atom stereocenters. The Morgan fingerprint density at radius 1 is 1.11 bits per heavy atom. The highest BCUT2D eigenvalue weighted by molar-refractivity contribution is 9.10. The standard InChI is InChI=1S/C14H10BrCl2NO/c1-8-2-5-13(12(17)6-8)18-14(19)10-4-3-9(15)7-11(10)16/h2-7H,1H3,(H,18,19). The predicted molar refractivity (Wildman–Crippen MR) is 83.3 cm³/mol. The number of anilines is 1. The molecule has 0 saturated carbocycles. The van der Waals surface area contributed by atoms with Gasteiger partial charge in [0, 0.05) is 4.47 Å². The van der Waals surface area contributed by atoms with Crippen LogP contribution < -0.4 is 5.32 Å². The molecule has 2 rings (SSSR count). The second-order valence-corrected chi connectivity index (χ2v) is 5.79. The smallest absolute Gasteiger partial charge is 0.257 e. The number of halogens is 3. The van der Waals surface area contributed by atoms with Gasteiger partial charge in [0.2, 0.25) is 0 Å². The fraction of sp³-hybridized carbons (Fsp3) is 0.0714. The van der Waals surface area contributed by atoms with Gasteiger partial charge in [-0.15, -0.1) is 0 Å². The molecule has 0 bridgehead atoms. The van der Waals surface area contributed by atoms with Gasteiger partial charge in [0.05, 0.1) is 21.3 Å². The third-order valence-corrected chi connectivity index (χ3v) is 3.67. The van der Waals surface area contributed by atoms with Gasteiger partial charge in [-0.05, 0) is 42.8 Å². The van der Waals surface area contributed by atoms with Crippen LogP contribution in [-0.2, 0) is 0 Å². The van der Waals surface area contributed by atoms with E-state index >= 15 is 0 Å². The molecule has 0 fully saturated rings. The number of hydrogen-bond acceptors (Lipinski definition) is 1. The Morgan fingerprint density at radius 2 is 1.84 bits per heavy atom. The van der Waals surface area contributed by atoms with Crippen LogP contribution in [0.5, 0.6) is 0 Å². The van der Waals surface area contributed by atoms with E-state index < -0.39 is 0 Å². The summed E-state index contributed by atoms with van der Waals surface area (Å²) in [7, 11) is 0. The lowest BCUT2D eigenvalue weighted by molar-refractivity contribution is 0.102. The van der Waals surface area contributed by atoms with Gasteiger partial charge in [0.1, 0.15) is 0 Å². The number of rotatable bonds is 2. The first-order chi connectivity index (χ1) is 8.97. The minimum atomic E-state index is -0.289. The van der Waals surface area contributed by atoms with Crippen molar-refractivity contribution in [3.63, 3.8) is 0 Å². The van der Waals surface area contributed by atoms with Crippen LogP contribution in [0.1, 0.15) is 15.9 Å². The molecule has 0 spiro atoms. The number of aryl methyl sites for hydroxylation is 1. The lowest BCUT2D eigenvalue weighted by atomic mass is 10.2. The molecular formula is C14H10BrCl2NO. The van der Waals surface area contributed by atoms with Crippen molar-refractivity contribution < 1.29 is 4.79 Å². The van der Waals surface area contributed by atoms with Gasteiger partial charge in [-0.3, -0.25) is 4.79 Å². The molecule has 0 aromatic heterocycles. The molecular weight excluding hydrogens is 349 g/mol. The van der Waals surface area contributed by atoms with Gasteiger partial charge in [0.15, 0.2) is 0 Å². The summed E-state index contributed by atoms with van der Waals surface area (Å²) >= 11 is 15.4. The van der Waals surface area contributed by atoms with Crippen LogP contribution in [0.2, 0.25) is 10.0 Å². The molecule has 0 aliphatic carbocycles. The van der Waals surface area contributed by atoms with E-state index in [0.29, 0.717) is 21.3 Å². The van der Waals surface area contributed by atoms with E-state index in [1.807, 2.05) is 13.0 Å². The first-order valence-electron chi connectivity index (χ1n) is 5.50. The molecule has 0 heterocycles. The summed E-state index contributed by atoms with van der Waals surface area (Å²) in [6.45, 7) is 1.93. The van der Waals surface area contributed by atoms with E-state index in [9.17, 15) is 4.79 Å². The predicted octanol–water partition coefficient (Wildman–Crippen LogP) is 5.32. The first kappa shape index (κ1) is 14.4. The molecule has 2 nitrogen and oxygen atoms in total. The summed E-state index contributed by atoms with van der Waals surface area (Å²) in [5.41, 5.74) is 2.00. The number of benzene rings is 2. The van der Waals surface area contributed by atoms with Crippen molar-refractivity contribution in [1.82, 2.24) is 0 Å². The summed E-state index contributed by atoms with van der Waals surface area (Å²) in [5.74, 6) is -0.289. The zero-order valence-corrected chi connectivity index (χ0v) is 13.1. The van der Waals surface area contributed by atoms with Gasteiger partial charge >= 0.3 is 0 Å². The number of carbonyl (C=O) groups excluding carboxylic acids is 1. The Kier molecular flexibility index (Phi) is 4.50. The minimum absolute atomic E-state index is 0.289. The number of amides is 1. The maximum atomic E-state index is 12.1. The minimum Gasteiger partial charge on any atom is -0.321 e. The van der Waals surface area contributed by atoms with Crippen LogP contribution in [-0.4, -0.2) is 5.91 Å². The van der Waals surface area contributed by atoms with Gasteiger partial charge in [-0.1, -0.05) is 45.2 Å². The van der Waals surface area contributed by atoms with Crippen molar-refractivity contribution in [2.24, 2.45) is 0 Å². The Balaban J connectivity index is 2.25. The van der Waals surface area contributed by atoms with Gasteiger partial charge in [-0.2, -0.15) is 0 Å². The lowest BCUT2D eigenvalue weighted by Crippen LogP contribution is -2.12. The average molecular weight is 359 g/mol. The quantitative estimate of drug-likeness (QED) is 0.773. The monoisotopic (exact) mass is 357 g/mol. The highest BCUT2D eigenvalue weighted by Crippen LogP contribution is 2.26. The maximum Gasteiger partial charge on any atom is 0.257 e. The molecule has 0 aliphatic rings. The zero-order valence-electron chi connectivity index (χ0n) is 10.0. The van der Waals surface area contributed by atoms with Crippen molar-refractivity contribution in [3.8, 4) is 0 Å². The topological polar surface area (TPSA) is 29.1 Å². The van der Waals surface area contributed by atoms with E-state index in [1.165, 1.54) is 0 Å². The zero-order chi connectivity index (χ0) is 14.0. The van der Waals surface area contributed by atoms with Gasteiger partial charge < -0.3 is 5.32 Å². The van der Waals surface area contributed by atoms with Gasteiger partial charge in [-0.25, -0.2) is 0 Å². The fourth-order valence-corrected chi connectivity index (χ4v) is 2.63. The van der Waals surface area contributed by atoms with Crippen molar-refractivity contribution in [2.75, 3.05) is 5.32 Å². The molecule has 0 aliphatic heterocycles. The van der Waals surface area contributed by atoms with Crippen molar-refractivity contribution in [1.29, 1.82) is 0 Å². The van der Waals surface area contributed by atoms with Crippen LogP contribution in [0.4, 0.5) is 5.69 Å². The number of nitrogens with one attached hydrogen (secondary N) is 1. The summed E-state index contributed by atoms with van der Waals surface area (Å²) in [4.78, 5) is 12.1. The maximum absolute atomic E-state index is 12.1. The van der Waals surface area contributed by atoms with Crippen LogP contribution >= 0.6 is 39.1 Å². The van der Waals surface area contributed by atoms with Crippen molar-refractivity contribution in [2.45, 2.75) is 6.92 Å². The molecule has 1 N–H and O–H groups in total. The third-order valence-electron chi connectivity index (χ3n) is 2.55. The normalized spacial score (nSPS) is 10.3. The molecule has 5 heteroatoms. The Hall–Kier alpha value is -1.03. The van der Waals surface area contributed by atoms with E-state index in [1.54, 1.807) is 30.3 Å². The van der Waals surface area contributed by atoms with Crippen molar-refractivity contribution in [3.05, 3.63) is 62.0 Å². The summed E-state index contributed by atoms with van der Waals surface area (Å²) in [5, 5.41) is 3.63. The molecule has 98 valence electrons. The van der Waals surface area contributed by atoms with Gasteiger partial charge in [0.25, 0.3) is 5.91 Å². The molecule has 2 aromatic carbocycles. The largest absolute Gasteiger partial charge is 0.321 e. The molecule has 0 radical (unpaired) electrons. The fourth-order valence-electron chi connectivity index (χ4n) is 1.58. The third kappa shape index (κ3) is 3.50. The van der Waals surface area contributed by atoms with E-state index in [-0.39, 0.29) is 5.91 Å². The Morgan fingerprint density at radius 3 is 2.47 bits per heavy atom. The van der Waals surface area contributed by atoms with E-state index in [0.717, 1.165) is 10.0 Å². The van der Waals surface area contributed by atoms with Crippen LogP contribution in [0.3, 0.4) is 0 Å². The van der Waals surface area contributed by atoms with E-state index in [4.69, 9.17) is 23.2 Å². The second-order valence-electron chi connectivity index (χ2n) is 4.06. The highest BCUT2D eigenvalue weighted by Gasteiger charge is 2.12. The molecule has 0 unspecified atom stereocenters. The molecule has 2 aromatic rings. The Bertz CT molecular complexity index is 643. The lowest BCUT2D eigenvalue weighted by Gasteiger charge is -2.09. The SMILES string of the molecule is Cc1ccc(NC(=O)c2ccc(Br)cc2Cl)c(Cl)c1. The van der Waals surface area contributed by atoms with Crippen LogP contribution in [0, 0.1) is 6.92 Å². The molecule has 19 heavy (non-hydrogen) atoms. The second kappa shape index (κ2) is 5.95. The highest BCUT2D eigenvalue weighted by atomic mass is 79.9. The van der Waals surface area contributed by atoms with E-state index in [2.05, 4.69) is 21.2 Å². The summed E-state index contributed by atoms with van der Waals surface area (Å²) in [6.07, 6.45) is 0. The Labute approximate surface area is 129 Å². The molecule has 1 amide bonds. The summed E-state index contributed by atoms with van der Waals surface area (Å²) in [6, 6.07) is 10.5. The number of carbonyl (C=O) groups is 1. The first-order valence-corrected chi connectivity index (χ1v) is 7.05. The van der Waals surface area contributed by atoms with Crippen LogP contribution in [0.15, 0.2) is 40.9 Å². The average Bonchev–Trinajstić information content (AvgIpc) is 2.32. The summed E-state index contributed by atoms with van der Waals surface area (Å²) < 4.78 is 0.822. The molecule has 0 saturated heterocycles. The van der Waals surface area contributed by atoms with Crippen LogP contribution in [0.25, 0.3) is 0 Å².